The average Bonchev–Trinajstić information content (AvgIpc) is 3.06. The van der Waals surface area contributed by atoms with E-state index in [9.17, 15) is 14.4 Å². The fraction of sp³-hybridized carbons (Fsp3) is 0.250. The van der Waals surface area contributed by atoms with Crippen LogP contribution in [0.2, 0.25) is 0 Å². The van der Waals surface area contributed by atoms with E-state index in [4.69, 9.17) is 0 Å². The third kappa shape index (κ3) is 3.54. The zero-order valence-electron chi connectivity index (χ0n) is 14.7. The molecule has 7 nitrogen and oxygen atoms in total. The maximum Gasteiger partial charge on any atom is 0.329 e. The van der Waals surface area contributed by atoms with Crippen LogP contribution in [-0.4, -0.2) is 48.9 Å². The number of urea groups is 1. The third-order valence-electron chi connectivity index (χ3n) is 4.88. The number of amides is 4. The summed E-state index contributed by atoms with van der Waals surface area (Å²) in [5, 5.41) is 5.69. The van der Waals surface area contributed by atoms with Crippen LogP contribution in [0.4, 0.5) is 10.5 Å². The molecule has 2 aliphatic rings. The second-order valence-corrected chi connectivity index (χ2v) is 6.65. The molecule has 2 saturated heterocycles. The second-order valence-electron chi connectivity index (χ2n) is 6.65. The Morgan fingerprint density at radius 3 is 2.41 bits per heavy atom. The molecule has 4 amide bonds. The van der Waals surface area contributed by atoms with E-state index >= 15 is 0 Å². The van der Waals surface area contributed by atoms with Gasteiger partial charge in [-0.2, -0.15) is 0 Å². The third-order valence-corrected chi connectivity index (χ3v) is 4.88. The van der Waals surface area contributed by atoms with Crippen LogP contribution in [0.5, 0.6) is 0 Å². The minimum Gasteiger partial charge on any atom is -0.335 e. The highest BCUT2D eigenvalue weighted by atomic mass is 16.2. The molecule has 2 fully saturated rings. The Morgan fingerprint density at radius 1 is 1.00 bits per heavy atom. The Hall–Kier alpha value is -3.19. The van der Waals surface area contributed by atoms with Crippen molar-refractivity contribution in [3.63, 3.8) is 0 Å². The van der Waals surface area contributed by atoms with E-state index < -0.39 is 6.03 Å². The van der Waals surface area contributed by atoms with Gasteiger partial charge in [-0.3, -0.25) is 19.8 Å². The smallest absolute Gasteiger partial charge is 0.329 e. The van der Waals surface area contributed by atoms with Crippen molar-refractivity contribution in [1.29, 1.82) is 0 Å². The zero-order chi connectivity index (χ0) is 18.8. The highest BCUT2D eigenvalue weighted by Crippen LogP contribution is 2.21. The summed E-state index contributed by atoms with van der Waals surface area (Å²) in [6.45, 7) is 1.99. The van der Waals surface area contributed by atoms with Crippen molar-refractivity contribution in [3.8, 4) is 0 Å². The summed E-state index contributed by atoms with van der Waals surface area (Å²) in [5.74, 6) is -0.362. The van der Waals surface area contributed by atoms with Gasteiger partial charge in [0.15, 0.2) is 0 Å². The SMILES string of the molecule is O=C1CN(c2ccc(C(=O)N3CCN[C@@H](c4ccccc4)C3)cc2)C(=O)N1. The number of hydrogen-bond donors (Lipinski definition) is 2. The number of anilines is 1. The van der Waals surface area contributed by atoms with Crippen molar-refractivity contribution in [2.75, 3.05) is 31.1 Å². The number of carbonyl (C=O) groups is 3. The summed E-state index contributed by atoms with van der Waals surface area (Å²) in [5.41, 5.74) is 2.32. The van der Waals surface area contributed by atoms with Crippen LogP contribution in [0, 0.1) is 0 Å². The zero-order valence-corrected chi connectivity index (χ0v) is 14.7. The minimum atomic E-state index is -0.438. The number of piperazine rings is 1. The molecule has 0 aliphatic carbocycles. The van der Waals surface area contributed by atoms with E-state index in [0.29, 0.717) is 24.3 Å². The predicted molar refractivity (Wildman–Crippen MR) is 100 cm³/mol. The second kappa shape index (κ2) is 7.20. The molecular formula is C20H20N4O3. The largest absolute Gasteiger partial charge is 0.335 e. The lowest BCUT2D eigenvalue weighted by atomic mass is 10.0. The molecule has 1 atom stereocenters. The summed E-state index contributed by atoms with van der Waals surface area (Å²) in [7, 11) is 0. The van der Waals surface area contributed by atoms with E-state index in [-0.39, 0.29) is 24.4 Å². The number of hydrogen-bond acceptors (Lipinski definition) is 4. The molecule has 2 heterocycles. The standard InChI is InChI=1S/C20H20N4O3/c25-18-13-24(20(27)22-18)16-8-6-15(7-9-16)19(26)23-11-10-21-17(12-23)14-4-2-1-3-5-14/h1-9,17,21H,10-13H2,(H,22,25,27)/t17-/m1/s1. The van der Waals surface area contributed by atoms with Crippen LogP contribution in [0.25, 0.3) is 0 Å². The lowest BCUT2D eigenvalue weighted by Gasteiger charge is -2.34. The first kappa shape index (κ1) is 17.2. The Bertz CT molecular complexity index is 867. The van der Waals surface area contributed by atoms with E-state index in [2.05, 4.69) is 22.8 Å². The van der Waals surface area contributed by atoms with Gasteiger partial charge in [-0.15, -0.1) is 0 Å². The fourth-order valence-corrected chi connectivity index (χ4v) is 3.46. The quantitative estimate of drug-likeness (QED) is 0.810. The molecule has 0 bridgehead atoms. The normalized spacial score (nSPS) is 19.9. The lowest BCUT2D eigenvalue weighted by Crippen LogP contribution is -2.48. The van der Waals surface area contributed by atoms with Crippen LogP contribution in [0.1, 0.15) is 22.0 Å². The van der Waals surface area contributed by atoms with Crippen LogP contribution in [-0.2, 0) is 4.79 Å². The number of imide groups is 1. The monoisotopic (exact) mass is 364 g/mol. The first-order valence-corrected chi connectivity index (χ1v) is 8.91. The van der Waals surface area contributed by atoms with Crippen LogP contribution in [0.3, 0.4) is 0 Å². The van der Waals surface area contributed by atoms with Gasteiger partial charge in [0.25, 0.3) is 5.91 Å². The predicted octanol–water partition coefficient (Wildman–Crippen LogP) is 1.53. The van der Waals surface area contributed by atoms with Gasteiger partial charge >= 0.3 is 6.03 Å². The highest BCUT2D eigenvalue weighted by molar-refractivity contribution is 6.12. The van der Waals surface area contributed by atoms with Gasteiger partial charge in [0.1, 0.15) is 6.54 Å². The topological polar surface area (TPSA) is 81.8 Å². The maximum atomic E-state index is 12.9. The van der Waals surface area contributed by atoms with Gasteiger partial charge < -0.3 is 10.2 Å². The molecule has 0 aromatic heterocycles. The van der Waals surface area contributed by atoms with E-state index in [0.717, 1.165) is 12.1 Å². The molecule has 0 saturated carbocycles. The van der Waals surface area contributed by atoms with Crippen LogP contribution < -0.4 is 15.5 Å². The van der Waals surface area contributed by atoms with Crippen molar-refractivity contribution in [3.05, 3.63) is 65.7 Å². The molecule has 0 unspecified atom stereocenters. The van der Waals surface area contributed by atoms with Gasteiger partial charge in [-0.05, 0) is 29.8 Å². The van der Waals surface area contributed by atoms with Crippen molar-refractivity contribution in [2.24, 2.45) is 0 Å². The van der Waals surface area contributed by atoms with Gasteiger partial charge in [-0.25, -0.2) is 4.79 Å². The Morgan fingerprint density at radius 2 is 1.74 bits per heavy atom. The molecule has 138 valence electrons. The lowest BCUT2D eigenvalue weighted by molar-refractivity contribution is -0.117. The van der Waals surface area contributed by atoms with Gasteiger partial charge in [0.05, 0.1) is 0 Å². The Balaban J connectivity index is 1.46. The van der Waals surface area contributed by atoms with Crippen LogP contribution in [0.15, 0.2) is 54.6 Å². The van der Waals surface area contributed by atoms with Crippen LogP contribution >= 0.6 is 0 Å². The number of nitrogens with zero attached hydrogens (tertiary/aromatic N) is 2. The molecule has 4 rings (SSSR count). The number of benzene rings is 2. The molecule has 2 aliphatic heterocycles. The maximum absolute atomic E-state index is 12.9. The molecule has 0 radical (unpaired) electrons. The first-order chi connectivity index (χ1) is 13.1. The molecule has 27 heavy (non-hydrogen) atoms. The molecule has 0 spiro atoms. The summed E-state index contributed by atoms with van der Waals surface area (Å²) < 4.78 is 0. The number of carbonyl (C=O) groups excluding carboxylic acids is 3. The summed E-state index contributed by atoms with van der Waals surface area (Å²) >= 11 is 0. The van der Waals surface area contributed by atoms with Gasteiger partial charge in [0, 0.05) is 36.9 Å². The van der Waals surface area contributed by atoms with E-state index in [1.54, 1.807) is 24.3 Å². The van der Waals surface area contributed by atoms with E-state index in [1.165, 1.54) is 4.90 Å². The van der Waals surface area contributed by atoms with Crippen molar-refractivity contribution in [1.82, 2.24) is 15.5 Å². The molecule has 7 heteroatoms. The van der Waals surface area contributed by atoms with Crippen molar-refractivity contribution < 1.29 is 14.4 Å². The number of rotatable bonds is 3. The fourth-order valence-electron chi connectivity index (χ4n) is 3.46. The van der Waals surface area contributed by atoms with Crippen molar-refractivity contribution in [2.45, 2.75) is 6.04 Å². The Labute approximate surface area is 157 Å². The molecule has 2 aromatic rings. The Kier molecular flexibility index (Phi) is 4.60. The molecule has 2 aromatic carbocycles. The molecule has 2 N–H and O–H groups in total. The summed E-state index contributed by atoms with van der Waals surface area (Å²) in [6, 6.07) is 16.6. The van der Waals surface area contributed by atoms with E-state index in [1.807, 2.05) is 23.1 Å². The van der Waals surface area contributed by atoms with Gasteiger partial charge in [0.2, 0.25) is 5.91 Å². The number of nitrogens with one attached hydrogen (secondary N) is 2. The minimum absolute atomic E-state index is 0.00266. The summed E-state index contributed by atoms with van der Waals surface area (Å²) in [4.78, 5) is 39.1. The first-order valence-electron chi connectivity index (χ1n) is 8.91. The summed E-state index contributed by atoms with van der Waals surface area (Å²) in [6.07, 6.45) is 0. The highest BCUT2D eigenvalue weighted by Gasteiger charge is 2.29. The van der Waals surface area contributed by atoms with Crippen molar-refractivity contribution >= 4 is 23.5 Å². The van der Waals surface area contributed by atoms with Gasteiger partial charge in [-0.1, -0.05) is 30.3 Å². The average molecular weight is 364 g/mol. The molecular weight excluding hydrogens is 344 g/mol.